The topological polar surface area (TPSA) is 94.8 Å². The van der Waals surface area contributed by atoms with Gasteiger partial charge in [0.15, 0.2) is 17.2 Å². The Bertz CT molecular complexity index is 1150. The number of benzene rings is 2. The number of methoxy groups -OCH3 is 1. The third-order valence-corrected chi connectivity index (χ3v) is 4.67. The van der Waals surface area contributed by atoms with Crippen LogP contribution < -0.4 is 20.5 Å². The predicted molar refractivity (Wildman–Crippen MR) is 120 cm³/mol. The van der Waals surface area contributed by atoms with Gasteiger partial charge in [-0.15, -0.1) is 0 Å². The van der Waals surface area contributed by atoms with Gasteiger partial charge in [0.05, 0.1) is 25.3 Å². The lowest BCUT2D eigenvalue weighted by Crippen LogP contribution is -2.29. The van der Waals surface area contributed by atoms with Crippen molar-refractivity contribution in [3.63, 3.8) is 0 Å². The van der Waals surface area contributed by atoms with Gasteiger partial charge in [-0.3, -0.25) is 9.59 Å². The third kappa shape index (κ3) is 5.09. The minimum Gasteiger partial charge on any atom is -0.493 e. The van der Waals surface area contributed by atoms with E-state index in [1.54, 1.807) is 43.5 Å². The summed E-state index contributed by atoms with van der Waals surface area (Å²) in [6.45, 7) is 4.91. The lowest BCUT2D eigenvalue weighted by Gasteiger charge is -2.10. The van der Waals surface area contributed by atoms with E-state index in [2.05, 4.69) is 15.6 Å². The maximum Gasteiger partial charge on any atom is 0.292 e. The number of amides is 1. The quantitative estimate of drug-likeness (QED) is 0.421. The molecule has 0 saturated heterocycles. The van der Waals surface area contributed by atoms with Gasteiger partial charge in [-0.25, -0.2) is 10.1 Å². The molecule has 1 N–H and O–H groups in total. The number of rotatable bonds is 9. The highest BCUT2D eigenvalue weighted by Gasteiger charge is 2.16. The summed E-state index contributed by atoms with van der Waals surface area (Å²) < 4.78 is 12.2. The van der Waals surface area contributed by atoms with Crippen LogP contribution in [0.15, 0.2) is 52.4 Å². The van der Waals surface area contributed by atoms with Crippen LogP contribution in [-0.4, -0.2) is 35.6 Å². The molecule has 0 bridgehead atoms. The summed E-state index contributed by atoms with van der Waals surface area (Å²) in [4.78, 5) is 25.5. The molecule has 1 aromatic heterocycles. The number of hydrogen-bond donors (Lipinski definition) is 1. The van der Waals surface area contributed by atoms with E-state index in [0.29, 0.717) is 35.4 Å². The fraction of sp³-hybridized carbons (Fsp3) is 0.304. The van der Waals surface area contributed by atoms with Gasteiger partial charge in [-0.05, 0) is 43.2 Å². The number of hydrogen-bond acceptors (Lipinski definition) is 6. The first-order valence-electron chi connectivity index (χ1n) is 10.2. The van der Waals surface area contributed by atoms with Crippen LogP contribution in [-0.2, 0) is 6.54 Å². The SMILES string of the molecule is CCCCn1nc(C(=O)N/N=C\c2ccc(OCC)c(OC)c2)c2ccccc2c1=O. The molecule has 3 rings (SSSR count). The molecule has 1 heterocycles. The van der Waals surface area contributed by atoms with E-state index in [0.717, 1.165) is 18.4 Å². The first-order chi connectivity index (χ1) is 15.1. The van der Waals surface area contributed by atoms with Crippen molar-refractivity contribution in [2.24, 2.45) is 5.10 Å². The molecule has 0 aliphatic carbocycles. The van der Waals surface area contributed by atoms with Gasteiger partial charge in [-0.1, -0.05) is 31.5 Å². The number of nitrogens with zero attached hydrogens (tertiary/aromatic N) is 3. The lowest BCUT2D eigenvalue weighted by molar-refractivity contribution is 0.0949. The van der Waals surface area contributed by atoms with Crippen molar-refractivity contribution in [1.82, 2.24) is 15.2 Å². The first-order valence-corrected chi connectivity index (χ1v) is 10.2. The number of fused-ring (bicyclic) bond motifs is 1. The van der Waals surface area contributed by atoms with Crippen molar-refractivity contribution in [3.05, 3.63) is 64.1 Å². The number of unbranched alkanes of at least 4 members (excludes halogenated alkanes) is 1. The van der Waals surface area contributed by atoms with Crippen LogP contribution in [0.2, 0.25) is 0 Å². The van der Waals surface area contributed by atoms with E-state index >= 15 is 0 Å². The maximum absolute atomic E-state index is 12.8. The number of carbonyl (C=O) groups is 1. The Morgan fingerprint density at radius 1 is 1.16 bits per heavy atom. The molecule has 31 heavy (non-hydrogen) atoms. The highest BCUT2D eigenvalue weighted by Crippen LogP contribution is 2.27. The Hall–Kier alpha value is -3.68. The number of aryl methyl sites for hydroxylation is 1. The molecule has 0 unspecified atom stereocenters. The summed E-state index contributed by atoms with van der Waals surface area (Å²) in [5.74, 6) is 0.722. The van der Waals surface area contributed by atoms with Crippen LogP contribution in [0.3, 0.4) is 0 Å². The number of aromatic nitrogens is 2. The van der Waals surface area contributed by atoms with Crippen molar-refractivity contribution in [2.75, 3.05) is 13.7 Å². The molecule has 2 aromatic carbocycles. The molecular formula is C23H26N4O4. The molecule has 0 aliphatic rings. The minimum absolute atomic E-state index is 0.160. The van der Waals surface area contributed by atoms with Crippen LogP contribution in [0.4, 0.5) is 0 Å². The van der Waals surface area contributed by atoms with Gasteiger partial charge in [-0.2, -0.15) is 10.2 Å². The Kier molecular flexibility index (Phi) is 7.37. The maximum atomic E-state index is 12.8. The van der Waals surface area contributed by atoms with Crippen LogP contribution in [0, 0.1) is 0 Å². The zero-order valence-corrected chi connectivity index (χ0v) is 17.9. The summed E-state index contributed by atoms with van der Waals surface area (Å²) in [6, 6.07) is 12.3. The van der Waals surface area contributed by atoms with Crippen molar-refractivity contribution in [3.8, 4) is 11.5 Å². The highest BCUT2D eigenvalue weighted by atomic mass is 16.5. The van der Waals surface area contributed by atoms with Gasteiger partial charge in [0.1, 0.15) is 0 Å². The number of nitrogens with one attached hydrogen (secondary N) is 1. The summed E-state index contributed by atoms with van der Waals surface area (Å²) in [7, 11) is 1.56. The van der Waals surface area contributed by atoms with Crippen LogP contribution >= 0.6 is 0 Å². The number of hydrazone groups is 1. The van der Waals surface area contributed by atoms with E-state index < -0.39 is 5.91 Å². The molecular weight excluding hydrogens is 396 g/mol. The lowest BCUT2D eigenvalue weighted by atomic mass is 10.1. The number of carbonyl (C=O) groups excluding carboxylic acids is 1. The summed E-state index contributed by atoms with van der Waals surface area (Å²) in [5, 5.41) is 9.30. The largest absolute Gasteiger partial charge is 0.493 e. The van der Waals surface area contributed by atoms with Gasteiger partial charge in [0, 0.05) is 11.9 Å². The Morgan fingerprint density at radius 3 is 2.65 bits per heavy atom. The zero-order chi connectivity index (χ0) is 22.2. The van der Waals surface area contributed by atoms with Crippen LogP contribution in [0.25, 0.3) is 10.8 Å². The average Bonchev–Trinajstić information content (AvgIpc) is 2.79. The first kappa shape index (κ1) is 22.0. The summed E-state index contributed by atoms with van der Waals surface area (Å²) >= 11 is 0. The molecule has 8 heteroatoms. The summed E-state index contributed by atoms with van der Waals surface area (Å²) in [5.41, 5.74) is 3.19. The normalized spacial score (nSPS) is 11.1. The van der Waals surface area contributed by atoms with Gasteiger partial charge >= 0.3 is 0 Å². The minimum atomic E-state index is -0.490. The molecule has 0 atom stereocenters. The molecule has 0 spiro atoms. The van der Waals surface area contributed by atoms with E-state index in [1.165, 1.54) is 10.9 Å². The fourth-order valence-electron chi connectivity index (χ4n) is 3.12. The van der Waals surface area contributed by atoms with Crippen LogP contribution in [0.5, 0.6) is 11.5 Å². The van der Waals surface area contributed by atoms with E-state index in [1.807, 2.05) is 19.9 Å². The smallest absolute Gasteiger partial charge is 0.292 e. The van der Waals surface area contributed by atoms with Gasteiger partial charge < -0.3 is 9.47 Å². The van der Waals surface area contributed by atoms with Crippen molar-refractivity contribution in [1.29, 1.82) is 0 Å². The van der Waals surface area contributed by atoms with Crippen molar-refractivity contribution in [2.45, 2.75) is 33.2 Å². The molecule has 1 amide bonds. The Labute approximate surface area is 180 Å². The van der Waals surface area contributed by atoms with E-state index in [-0.39, 0.29) is 11.3 Å². The van der Waals surface area contributed by atoms with Crippen molar-refractivity contribution >= 4 is 22.9 Å². The van der Waals surface area contributed by atoms with E-state index in [4.69, 9.17) is 9.47 Å². The second-order valence-corrected chi connectivity index (χ2v) is 6.82. The second kappa shape index (κ2) is 10.4. The number of ether oxygens (including phenoxy) is 2. The zero-order valence-electron chi connectivity index (χ0n) is 17.9. The third-order valence-electron chi connectivity index (χ3n) is 4.67. The molecule has 162 valence electrons. The standard InChI is InChI=1S/C23H26N4O4/c1-4-6-13-27-23(29)18-10-8-7-9-17(18)21(26-27)22(28)25-24-15-16-11-12-19(31-5-2)20(14-16)30-3/h7-12,14-15H,4-6,13H2,1-3H3,(H,25,28)/b24-15-. The van der Waals surface area contributed by atoms with Gasteiger partial charge in [0.2, 0.25) is 0 Å². The molecule has 8 nitrogen and oxygen atoms in total. The van der Waals surface area contributed by atoms with Crippen LogP contribution in [0.1, 0.15) is 42.7 Å². The molecule has 0 radical (unpaired) electrons. The molecule has 0 saturated carbocycles. The van der Waals surface area contributed by atoms with Crippen molar-refractivity contribution < 1.29 is 14.3 Å². The Morgan fingerprint density at radius 2 is 1.94 bits per heavy atom. The predicted octanol–water partition coefficient (Wildman–Crippen LogP) is 3.37. The monoisotopic (exact) mass is 422 g/mol. The fourth-order valence-corrected chi connectivity index (χ4v) is 3.12. The van der Waals surface area contributed by atoms with E-state index in [9.17, 15) is 9.59 Å². The van der Waals surface area contributed by atoms with Gasteiger partial charge in [0.25, 0.3) is 11.5 Å². The Balaban J connectivity index is 1.85. The average molecular weight is 422 g/mol. The summed E-state index contributed by atoms with van der Waals surface area (Å²) in [6.07, 6.45) is 3.22. The molecule has 0 aliphatic heterocycles. The second-order valence-electron chi connectivity index (χ2n) is 6.82. The highest BCUT2D eigenvalue weighted by molar-refractivity contribution is 6.05. The molecule has 3 aromatic rings. The molecule has 0 fully saturated rings.